The van der Waals surface area contributed by atoms with Gasteiger partial charge in [0.25, 0.3) is 5.91 Å². The molecule has 24 heavy (non-hydrogen) atoms. The first-order valence-corrected chi connectivity index (χ1v) is 7.11. The van der Waals surface area contributed by atoms with Crippen molar-refractivity contribution in [1.82, 2.24) is 5.43 Å². The Balaban J connectivity index is 2.09. The number of aromatic hydroxyl groups is 2. The number of rotatable bonds is 4. The van der Waals surface area contributed by atoms with Crippen LogP contribution in [0.25, 0.3) is 0 Å². The molecule has 0 unspecified atom stereocenters. The molecule has 2 aromatic carbocycles. The van der Waals surface area contributed by atoms with Crippen LogP contribution in [0.5, 0.6) is 11.5 Å². The second-order valence-electron chi connectivity index (χ2n) is 5.10. The van der Waals surface area contributed by atoms with E-state index in [4.69, 9.17) is 0 Å². The first-order chi connectivity index (χ1) is 11.4. The minimum Gasteiger partial charge on any atom is -0.508 e. The van der Waals surface area contributed by atoms with E-state index in [2.05, 4.69) is 15.8 Å². The Morgan fingerprint density at radius 1 is 1.00 bits per heavy atom. The van der Waals surface area contributed by atoms with Gasteiger partial charge in [-0.25, -0.2) is 5.43 Å². The van der Waals surface area contributed by atoms with Gasteiger partial charge in [-0.1, -0.05) is 0 Å². The molecule has 0 heterocycles. The standard InChI is InChI=1S/C17H17N3O4/c1-10(15-9-14(22)7-8-16(15)23)19-20-17(24)12-3-5-13(6-4-12)18-11(2)21/h3-9,22-23H,1-2H3,(H,18,21)(H,20,24)/b19-10-. The van der Waals surface area contributed by atoms with Crippen molar-refractivity contribution < 1.29 is 19.8 Å². The zero-order valence-corrected chi connectivity index (χ0v) is 13.2. The largest absolute Gasteiger partial charge is 0.508 e. The predicted molar refractivity (Wildman–Crippen MR) is 90.2 cm³/mol. The van der Waals surface area contributed by atoms with Gasteiger partial charge in [0.15, 0.2) is 0 Å². The van der Waals surface area contributed by atoms with E-state index in [0.717, 1.165) is 0 Å². The average Bonchev–Trinajstić information content (AvgIpc) is 2.54. The number of nitrogens with zero attached hydrogens (tertiary/aromatic N) is 1. The highest BCUT2D eigenvalue weighted by Gasteiger charge is 2.08. The quantitative estimate of drug-likeness (QED) is 0.392. The summed E-state index contributed by atoms with van der Waals surface area (Å²) in [7, 11) is 0. The summed E-state index contributed by atoms with van der Waals surface area (Å²) in [6.07, 6.45) is 0. The molecule has 0 fully saturated rings. The summed E-state index contributed by atoms with van der Waals surface area (Å²) in [5, 5.41) is 25.7. The molecular weight excluding hydrogens is 310 g/mol. The summed E-state index contributed by atoms with van der Waals surface area (Å²) in [5.74, 6) is -0.707. The Morgan fingerprint density at radius 3 is 2.29 bits per heavy atom. The molecule has 0 aliphatic rings. The van der Waals surface area contributed by atoms with Crippen molar-refractivity contribution in [3.63, 3.8) is 0 Å². The van der Waals surface area contributed by atoms with Gasteiger partial charge in [0.2, 0.25) is 5.91 Å². The molecule has 124 valence electrons. The highest BCUT2D eigenvalue weighted by molar-refractivity contribution is 6.03. The second kappa shape index (κ2) is 7.28. The van der Waals surface area contributed by atoms with Crippen LogP contribution in [0.4, 0.5) is 5.69 Å². The summed E-state index contributed by atoms with van der Waals surface area (Å²) >= 11 is 0. The monoisotopic (exact) mass is 327 g/mol. The maximum absolute atomic E-state index is 12.0. The molecule has 2 amide bonds. The van der Waals surface area contributed by atoms with Crippen LogP contribution < -0.4 is 10.7 Å². The van der Waals surface area contributed by atoms with Crippen LogP contribution in [0.15, 0.2) is 47.6 Å². The van der Waals surface area contributed by atoms with Crippen LogP contribution in [0, 0.1) is 0 Å². The third-order valence-electron chi connectivity index (χ3n) is 3.16. The smallest absolute Gasteiger partial charge is 0.271 e. The molecular formula is C17H17N3O4. The van der Waals surface area contributed by atoms with E-state index in [1.165, 1.54) is 25.1 Å². The number of phenolic OH excluding ortho intramolecular Hbond substituents is 2. The molecule has 0 saturated heterocycles. The van der Waals surface area contributed by atoms with Gasteiger partial charge in [0.05, 0.1) is 5.71 Å². The number of hydrazone groups is 1. The fourth-order valence-electron chi connectivity index (χ4n) is 1.98. The third-order valence-corrected chi connectivity index (χ3v) is 3.16. The van der Waals surface area contributed by atoms with E-state index in [1.54, 1.807) is 31.2 Å². The van der Waals surface area contributed by atoms with Gasteiger partial charge >= 0.3 is 0 Å². The van der Waals surface area contributed by atoms with E-state index in [9.17, 15) is 19.8 Å². The number of amides is 2. The molecule has 7 nitrogen and oxygen atoms in total. The van der Waals surface area contributed by atoms with Gasteiger partial charge < -0.3 is 15.5 Å². The summed E-state index contributed by atoms with van der Waals surface area (Å²) in [4.78, 5) is 23.0. The van der Waals surface area contributed by atoms with Crippen molar-refractivity contribution in [2.45, 2.75) is 13.8 Å². The molecule has 0 saturated carbocycles. The number of anilines is 1. The number of phenols is 2. The van der Waals surface area contributed by atoms with Crippen LogP contribution in [-0.2, 0) is 4.79 Å². The Bertz CT molecular complexity index is 798. The molecule has 0 bridgehead atoms. The lowest BCUT2D eigenvalue weighted by molar-refractivity contribution is -0.114. The molecule has 2 rings (SSSR count). The molecule has 0 radical (unpaired) electrons. The predicted octanol–water partition coefficient (Wildman–Crippen LogP) is 2.21. The van der Waals surface area contributed by atoms with Crippen LogP contribution in [0.2, 0.25) is 0 Å². The lowest BCUT2D eigenvalue weighted by Crippen LogP contribution is -2.19. The lowest BCUT2D eigenvalue weighted by atomic mass is 10.1. The number of carbonyl (C=O) groups is 2. The molecule has 4 N–H and O–H groups in total. The van der Waals surface area contributed by atoms with Gasteiger partial charge in [-0.3, -0.25) is 9.59 Å². The molecule has 7 heteroatoms. The number of hydrogen-bond acceptors (Lipinski definition) is 5. The SMILES string of the molecule is CC(=O)Nc1ccc(C(=O)N/N=C(/C)c2cc(O)ccc2O)cc1. The van der Waals surface area contributed by atoms with Gasteiger partial charge in [0, 0.05) is 23.7 Å². The van der Waals surface area contributed by atoms with Gasteiger partial charge in [0.1, 0.15) is 11.5 Å². The molecule has 0 aromatic heterocycles. The van der Waals surface area contributed by atoms with Crippen molar-refractivity contribution in [2.24, 2.45) is 5.10 Å². The number of carbonyl (C=O) groups excluding carboxylic acids is 2. The van der Waals surface area contributed by atoms with Crippen LogP contribution in [0.1, 0.15) is 29.8 Å². The first kappa shape index (κ1) is 17.0. The van der Waals surface area contributed by atoms with E-state index < -0.39 is 5.91 Å². The van der Waals surface area contributed by atoms with Crippen LogP contribution >= 0.6 is 0 Å². The number of hydrogen-bond donors (Lipinski definition) is 4. The molecule has 0 aliphatic carbocycles. The Hall–Kier alpha value is -3.35. The Labute approximate surface area is 138 Å². The lowest BCUT2D eigenvalue weighted by Gasteiger charge is -2.06. The maximum atomic E-state index is 12.0. The van der Waals surface area contributed by atoms with Gasteiger partial charge in [-0.15, -0.1) is 0 Å². The van der Waals surface area contributed by atoms with Gasteiger partial charge in [-0.05, 0) is 49.4 Å². The zero-order chi connectivity index (χ0) is 17.7. The minimum absolute atomic E-state index is 0.0164. The minimum atomic E-state index is -0.441. The van der Waals surface area contributed by atoms with Crippen LogP contribution in [-0.4, -0.2) is 27.7 Å². The summed E-state index contributed by atoms with van der Waals surface area (Å²) in [6.45, 7) is 2.99. The van der Waals surface area contributed by atoms with E-state index in [0.29, 0.717) is 22.5 Å². The topological polar surface area (TPSA) is 111 Å². The van der Waals surface area contributed by atoms with Crippen molar-refractivity contribution in [2.75, 3.05) is 5.32 Å². The van der Waals surface area contributed by atoms with Crippen molar-refractivity contribution in [1.29, 1.82) is 0 Å². The summed E-state index contributed by atoms with van der Waals surface area (Å²) in [5.41, 5.74) is 3.98. The van der Waals surface area contributed by atoms with E-state index in [1.807, 2.05) is 0 Å². The fraction of sp³-hybridized carbons (Fsp3) is 0.118. The first-order valence-electron chi connectivity index (χ1n) is 7.11. The van der Waals surface area contributed by atoms with Crippen molar-refractivity contribution >= 4 is 23.2 Å². The van der Waals surface area contributed by atoms with E-state index in [-0.39, 0.29) is 17.4 Å². The zero-order valence-electron chi connectivity index (χ0n) is 13.2. The van der Waals surface area contributed by atoms with Crippen molar-refractivity contribution in [3.05, 3.63) is 53.6 Å². The third kappa shape index (κ3) is 4.33. The van der Waals surface area contributed by atoms with Crippen LogP contribution in [0.3, 0.4) is 0 Å². The molecule has 0 aliphatic heterocycles. The fourth-order valence-corrected chi connectivity index (χ4v) is 1.98. The second-order valence-corrected chi connectivity index (χ2v) is 5.10. The molecule has 0 spiro atoms. The molecule has 2 aromatic rings. The average molecular weight is 327 g/mol. The Morgan fingerprint density at radius 2 is 1.67 bits per heavy atom. The number of benzene rings is 2. The summed E-state index contributed by atoms with van der Waals surface area (Å²) < 4.78 is 0. The normalized spacial score (nSPS) is 11.0. The maximum Gasteiger partial charge on any atom is 0.271 e. The Kier molecular flexibility index (Phi) is 5.16. The van der Waals surface area contributed by atoms with E-state index >= 15 is 0 Å². The highest BCUT2D eigenvalue weighted by Crippen LogP contribution is 2.22. The van der Waals surface area contributed by atoms with Gasteiger partial charge in [-0.2, -0.15) is 5.10 Å². The molecule has 0 atom stereocenters. The van der Waals surface area contributed by atoms with Crippen molar-refractivity contribution in [3.8, 4) is 11.5 Å². The summed E-state index contributed by atoms with van der Waals surface area (Å²) in [6, 6.07) is 10.4. The highest BCUT2D eigenvalue weighted by atomic mass is 16.3. The number of nitrogens with one attached hydrogen (secondary N) is 2.